The molecule has 0 amide bonds. The van der Waals surface area contributed by atoms with Crippen LogP contribution in [0, 0.1) is 18.8 Å². The predicted molar refractivity (Wildman–Crippen MR) is 76.9 cm³/mol. The highest BCUT2D eigenvalue weighted by Gasteiger charge is 2.22. The molecule has 1 rings (SSSR count). The van der Waals surface area contributed by atoms with Crippen molar-refractivity contribution in [1.29, 1.82) is 0 Å². The first-order valence-corrected chi connectivity index (χ1v) is 8.00. The van der Waals surface area contributed by atoms with Gasteiger partial charge >= 0.3 is 5.97 Å². The molecule has 1 unspecified atom stereocenters. The molecule has 0 aliphatic carbocycles. The van der Waals surface area contributed by atoms with E-state index in [0.717, 1.165) is 5.56 Å². The van der Waals surface area contributed by atoms with Crippen molar-refractivity contribution in [3.8, 4) is 0 Å². The van der Waals surface area contributed by atoms with E-state index in [0.29, 0.717) is 6.42 Å². The molecule has 0 radical (unpaired) electrons. The van der Waals surface area contributed by atoms with Gasteiger partial charge in [-0.1, -0.05) is 31.5 Å². The molecule has 1 aromatic carbocycles. The Bertz CT molecular complexity index is 549. The molecule has 0 fully saturated rings. The highest BCUT2D eigenvalue weighted by molar-refractivity contribution is 7.89. The summed E-state index contributed by atoms with van der Waals surface area (Å²) in [5, 5.41) is 9.09. The fourth-order valence-corrected chi connectivity index (χ4v) is 2.93. The largest absolute Gasteiger partial charge is 0.481 e. The van der Waals surface area contributed by atoms with Crippen LogP contribution in [0.1, 0.15) is 25.8 Å². The van der Waals surface area contributed by atoms with Gasteiger partial charge in [-0.3, -0.25) is 4.79 Å². The fraction of sp³-hybridized carbons (Fsp3) is 0.500. The number of aryl methyl sites for hydroxylation is 1. The standard InChI is InChI=1S/C14H21NO4S/c1-10(2)8-12(14(16)17)9-15-20(18,19)13-6-4-11(3)5-7-13/h4-7,10,12,15H,8-9H2,1-3H3,(H,16,17). The van der Waals surface area contributed by atoms with Gasteiger partial charge in [0.15, 0.2) is 0 Å². The topological polar surface area (TPSA) is 83.5 Å². The molecule has 0 aliphatic rings. The molecular weight excluding hydrogens is 278 g/mol. The molecule has 1 atom stereocenters. The number of benzene rings is 1. The van der Waals surface area contributed by atoms with Crippen molar-refractivity contribution >= 4 is 16.0 Å². The first kappa shape index (κ1) is 16.7. The highest BCUT2D eigenvalue weighted by Crippen LogP contribution is 2.14. The Morgan fingerprint density at radius 2 is 1.80 bits per heavy atom. The van der Waals surface area contributed by atoms with Crippen molar-refractivity contribution < 1.29 is 18.3 Å². The number of nitrogens with one attached hydrogen (secondary N) is 1. The summed E-state index contributed by atoms with van der Waals surface area (Å²) in [7, 11) is -3.65. The van der Waals surface area contributed by atoms with Gasteiger partial charge in [-0.05, 0) is 31.4 Å². The minimum Gasteiger partial charge on any atom is -0.481 e. The number of aliphatic carboxylic acids is 1. The zero-order valence-electron chi connectivity index (χ0n) is 12.0. The van der Waals surface area contributed by atoms with Gasteiger partial charge in [0, 0.05) is 6.54 Å². The first-order chi connectivity index (χ1) is 9.22. The van der Waals surface area contributed by atoms with E-state index in [1.165, 1.54) is 12.1 Å². The maximum atomic E-state index is 12.1. The van der Waals surface area contributed by atoms with Gasteiger partial charge in [0.25, 0.3) is 0 Å². The lowest BCUT2D eigenvalue weighted by Crippen LogP contribution is -2.33. The Labute approximate surface area is 120 Å². The van der Waals surface area contributed by atoms with Crippen LogP contribution in [0.5, 0.6) is 0 Å². The van der Waals surface area contributed by atoms with E-state index < -0.39 is 21.9 Å². The molecule has 0 bridgehead atoms. The van der Waals surface area contributed by atoms with Gasteiger partial charge in [-0.15, -0.1) is 0 Å². The summed E-state index contributed by atoms with van der Waals surface area (Å²) in [5.41, 5.74) is 0.965. The molecule has 6 heteroatoms. The number of hydrogen-bond donors (Lipinski definition) is 2. The lowest BCUT2D eigenvalue weighted by atomic mass is 9.98. The number of carboxylic acid groups (broad SMARTS) is 1. The minimum absolute atomic E-state index is 0.0935. The number of hydrogen-bond acceptors (Lipinski definition) is 3. The second kappa shape index (κ2) is 6.85. The Kier molecular flexibility index (Phi) is 5.71. The number of rotatable bonds is 7. The maximum absolute atomic E-state index is 12.1. The van der Waals surface area contributed by atoms with Crippen molar-refractivity contribution in [3.63, 3.8) is 0 Å². The smallest absolute Gasteiger partial charge is 0.307 e. The molecule has 0 aromatic heterocycles. The average Bonchev–Trinajstić information content (AvgIpc) is 2.34. The van der Waals surface area contributed by atoms with Crippen LogP contribution in [0.15, 0.2) is 29.2 Å². The Hall–Kier alpha value is -1.40. The Morgan fingerprint density at radius 1 is 1.25 bits per heavy atom. The van der Waals surface area contributed by atoms with Gasteiger partial charge in [-0.2, -0.15) is 0 Å². The van der Waals surface area contributed by atoms with E-state index in [-0.39, 0.29) is 17.4 Å². The Morgan fingerprint density at radius 3 is 2.25 bits per heavy atom. The van der Waals surface area contributed by atoms with Crippen molar-refractivity contribution in [2.45, 2.75) is 32.1 Å². The highest BCUT2D eigenvalue weighted by atomic mass is 32.2. The SMILES string of the molecule is Cc1ccc(S(=O)(=O)NCC(CC(C)C)C(=O)O)cc1. The van der Waals surface area contributed by atoms with Crippen LogP contribution >= 0.6 is 0 Å². The molecule has 5 nitrogen and oxygen atoms in total. The quantitative estimate of drug-likeness (QED) is 0.807. The third-order valence-corrected chi connectivity index (χ3v) is 4.40. The molecular formula is C14H21NO4S. The zero-order chi connectivity index (χ0) is 15.3. The lowest BCUT2D eigenvalue weighted by Gasteiger charge is -2.15. The van der Waals surface area contributed by atoms with Crippen molar-refractivity contribution in [2.75, 3.05) is 6.54 Å². The summed E-state index contributed by atoms with van der Waals surface area (Å²) in [5.74, 6) is -1.50. The number of carbonyl (C=O) groups is 1. The summed E-state index contributed by atoms with van der Waals surface area (Å²) in [6, 6.07) is 6.43. The van der Waals surface area contributed by atoms with Crippen molar-refractivity contribution in [3.05, 3.63) is 29.8 Å². The summed E-state index contributed by atoms with van der Waals surface area (Å²) >= 11 is 0. The van der Waals surface area contributed by atoms with E-state index in [4.69, 9.17) is 5.11 Å². The normalized spacial score (nSPS) is 13.4. The van der Waals surface area contributed by atoms with E-state index in [1.807, 2.05) is 20.8 Å². The van der Waals surface area contributed by atoms with E-state index >= 15 is 0 Å². The average molecular weight is 299 g/mol. The number of sulfonamides is 1. The molecule has 0 saturated heterocycles. The summed E-state index contributed by atoms with van der Waals surface area (Å²) in [4.78, 5) is 11.2. The van der Waals surface area contributed by atoms with Crippen LogP contribution < -0.4 is 4.72 Å². The van der Waals surface area contributed by atoms with Crippen molar-refractivity contribution in [1.82, 2.24) is 4.72 Å². The monoisotopic (exact) mass is 299 g/mol. The summed E-state index contributed by atoms with van der Waals surface area (Å²) in [6.45, 7) is 5.59. The second-order valence-corrected chi connectivity index (χ2v) is 7.10. The van der Waals surface area contributed by atoms with Gasteiger partial charge in [-0.25, -0.2) is 13.1 Å². The van der Waals surface area contributed by atoms with E-state index in [1.54, 1.807) is 12.1 Å². The second-order valence-electron chi connectivity index (χ2n) is 5.33. The van der Waals surface area contributed by atoms with Gasteiger partial charge in [0.1, 0.15) is 0 Å². The fourth-order valence-electron chi connectivity index (χ4n) is 1.85. The first-order valence-electron chi connectivity index (χ1n) is 6.51. The van der Waals surface area contributed by atoms with E-state index in [9.17, 15) is 13.2 Å². The maximum Gasteiger partial charge on any atom is 0.307 e. The van der Waals surface area contributed by atoms with Crippen LogP contribution in [-0.2, 0) is 14.8 Å². The third-order valence-electron chi connectivity index (χ3n) is 2.96. The lowest BCUT2D eigenvalue weighted by molar-refractivity contribution is -0.142. The molecule has 2 N–H and O–H groups in total. The van der Waals surface area contributed by atoms with Crippen LogP contribution in [0.4, 0.5) is 0 Å². The Balaban J connectivity index is 2.75. The van der Waals surface area contributed by atoms with Crippen LogP contribution in [0.25, 0.3) is 0 Å². The minimum atomic E-state index is -3.65. The zero-order valence-corrected chi connectivity index (χ0v) is 12.8. The van der Waals surface area contributed by atoms with Gasteiger partial charge in [0.2, 0.25) is 10.0 Å². The number of carboxylic acids is 1. The van der Waals surface area contributed by atoms with Gasteiger partial charge in [0.05, 0.1) is 10.8 Å². The molecule has 112 valence electrons. The predicted octanol–water partition coefficient (Wildman–Crippen LogP) is 2.02. The van der Waals surface area contributed by atoms with Crippen LogP contribution in [-0.4, -0.2) is 26.0 Å². The third kappa shape index (κ3) is 4.94. The van der Waals surface area contributed by atoms with Gasteiger partial charge < -0.3 is 5.11 Å². The van der Waals surface area contributed by atoms with Crippen LogP contribution in [0.3, 0.4) is 0 Å². The van der Waals surface area contributed by atoms with E-state index in [2.05, 4.69) is 4.72 Å². The molecule has 0 saturated carbocycles. The molecule has 0 heterocycles. The molecule has 20 heavy (non-hydrogen) atoms. The summed E-state index contributed by atoms with van der Waals surface area (Å²) < 4.78 is 26.5. The molecule has 0 spiro atoms. The summed E-state index contributed by atoms with van der Waals surface area (Å²) in [6.07, 6.45) is 0.436. The van der Waals surface area contributed by atoms with Crippen LogP contribution in [0.2, 0.25) is 0 Å². The molecule has 0 aliphatic heterocycles. The molecule has 1 aromatic rings. The van der Waals surface area contributed by atoms with Crippen molar-refractivity contribution in [2.24, 2.45) is 11.8 Å².